The maximum Gasteiger partial charge on any atom is 0.416 e. The van der Waals surface area contributed by atoms with Crippen LogP contribution in [0.5, 0.6) is 5.75 Å². The van der Waals surface area contributed by atoms with Crippen molar-refractivity contribution < 1.29 is 115 Å². The highest BCUT2D eigenvalue weighted by atomic mass is 19.4. The number of benzene rings is 5. The van der Waals surface area contributed by atoms with Crippen LogP contribution >= 0.6 is 0 Å². The summed E-state index contributed by atoms with van der Waals surface area (Å²) in [5, 5.41) is 0. The molecule has 27 heteroatoms. The fourth-order valence-electron chi connectivity index (χ4n) is 7.55. The Hall–Kier alpha value is -6.57. The summed E-state index contributed by atoms with van der Waals surface area (Å²) in [5.41, 5.74) is -28.9. The van der Waals surface area contributed by atoms with Crippen molar-refractivity contribution >= 4 is 28.0 Å². The molecule has 5 aromatic carbocycles. The molecule has 0 fully saturated rings. The van der Waals surface area contributed by atoms with Crippen molar-refractivity contribution in [2.75, 3.05) is 7.11 Å². The third kappa shape index (κ3) is 13.1. The van der Waals surface area contributed by atoms with Crippen molar-refractivity contribution in [3.8, 4) is 5.75 Å². The molecule has 72 heavy (non-hydrogen) atoms. The molecule has 0 spiro atoms. The van der Waals surface area contributed by atoms with Gasteiger partial charge in [-0.15, -0.1) is 0 Å². The van der Waals surface area contributed by atoms with E-state index in [9.17, 15) is 105 Å². The van der Waals surface area contributed by atoms with Gasteiger partial charge in [-0.25, -0.2) is 4.57 Å². The Bertz CT molecular complexity index is 2410. The summed E-state index contributed by atoms with van der Waals surface area (Å²) in [4.78, 5) is 0. The first-order chi connectivity index (χ1) is 32.6. The topological polar surface area (TPSA) is 13.1 Å². The van der Waals surface area contributed by atoms with E-state index in [0.717, 1.165) is 12.3 Å². The molecule has 388 valence electrons. The molecule has 0 bridgehead atoms. The van der Waals surface area contributed by atoms with Crippen molar-refractivity contribution in [1.82, 2.24) is 0 Å². The minimum atomic E-state index is -6.13. The van der Waals surface area contributed by atoms with Gasteiger partial charge in [0.15, 0.2) is 18.9 Å². The Balaban J connectivity index is 0.000000542. The monoisotopic (exact) mass is 1060 g/mol. The van der Waals surface area contributed by atoms with Gasteiger partial charge in [0.25, 0.3) is 0 Å². The Morgan fingerprint density at radius 1 is 0.333 bits per heavy atom. The summed E-state index contributed by atoms with van der Waals surface area (Å²) in [5.74, 6) is 0.900. The highest BCUT2D eigenvalue weighted by Gasteiger charge is 2.47. The van der Waals surface area contributed by atoms with Gasteiger partial charge in [-0.1, -0.05) is 54.6 Å². The number of halogens is 24. The van der Waals surface area contributed by atoms with Gasteiger partial charge in [-0.05, 0) is 48.5 Å². The lowest BCUT2D eigenvalue weighted by Crippen LogP contribution is -2.75. The SMILES string of the molecule is COc1ccc(C[n+]2ccccc2)cc1.FC(F)(F)c1cc([B-](c2cc(C(F)(F)F)cc(C(F)(F)F)c2)(c2cc(C(F)(F)F)cc(C(F)(F)F)c2)c2cc(C(F)(F)F)cc(C(F)(F)F)c2)cc(C(F)(F)F)c1. The highest BCUT2D eigenvalue weighted by Crippen LogP contribution is 2.41. The second kappa shape index (κ2) is 19.5. The van der Waals surface area contributed by atoms with Crippen LogP contribution in [-0.2, 0) is 56.0 Å². The van der Waals surface area contributed by atoms with Gasteiger partial charge >= 0.3 is 49.4 Å². The molecule has 0 radical (unpaired) electrons. The minimum Gasteiger partial charge on any atom is -0.497 e. The molecular weight excluding hydrogens is 1040 g/mol. The van der Waals surface area contributed by atoms with E-state index in [2.05, 4.69) is 29.1 Å². The van der Waals surface area contributed by atoms with Crippen LogP contribution < -0.4 is 31.2 Å². The van der Waals surface area contributed by atoms with E-state index in [1.54, 1.807) is 7.11 Å². The fourth-order valence-corrected chi connectivity index (χ4v) is 7.55. The number of pyridine rings is 1. The van der Waals surface area contributed by atoms with E-state index >= 15 is 0 Å². The lowest BCUT2D eigenvalue weighted by molar-refractivity contribution is -0.688. The second-order valence-electron chi connectivity index (χ2n) is 15.6. The number of alkyl halides is 24. The van der Waals surface area contributed by atoms with Crippen molar-refractivity contribution in [3.63, 3.8) is 0 Å². The molecule has 0 N–H and O–H groups in total. The molecule has 0 aliphatic rings. The third-order valence-corrected chi connectivity index (χ3v) is 10.7. The Morgan fingerprint density at radius 2 is 0.556 bits per heavy atom. The Labute approximate surface area is 389 Å². The number of rotatable bonds is 7. The first-order valence-electron chi connectivity index (χ1n) is 19.6. The summed E-state index contributed by atoms with van der Waals surface area (Å²) in [6.07, 6.45) is -50.7. The Morgan fingerprint density at radius 3 is 0.750 bits per heavy atom. The maximum atomic E-state index is 14.2. The quantitative estimate of drug-likeness (QED) is 0.0882. The van der Waals surface area contributed by atoms with E-state index in [0.29, 0.717) is 0 Å². The van der Waals surface area contributed by atoms with Gasteiger partial charge in [0, 0.05) is 17.7 Å². The number of aromatic nitrogens is 1. The summed E-state index contributed by atoms with van der Waals surface area (Å²) in [6.45, 7) is 0.894. The number of ether oxygens (including phenoxy) is 1. The number of nitrogens with zero attached hydrogens (tertiary/aromatic N) is 1. The van der Waals surface area contributed by atoms with E-state index in [4.69, 9.17) is 4.74 Å². The van der Waals surface area contributed by atoms with Crippen molar-refractivity contribution in [2.45, 2.75) is 56.0 Å². The number of hydrogen-bond donors (Lipinski definition) is 0. The lowest BCUT2D eigenvalue weighted by atomic mass is 9.12. The van der Waals surface area contributed by atoms with E-state index in [-0.39, 0.29) is 0 Å². The van der Waals surface area contributed by atoms with Crippen LogP contribution in [0.15, 0.2) is 128 Å². The molecular formula is C45H26BF24NO. The molecule has 1 heterocycles. The molecule has 1 aromatic heterocycles. The number of methoxy groups -OCH3 is 1. The molecule has 0 aliphatic carbocycles. The predicted molar refractivity (Wildman–Crippen MR) is 209 cm³/mol. The van der Waals surface area contributed by atoms with Gasteiger partial charge < -0.3 is 4.74 Å². The molecule has 0 aliphatic heterocycles. The van der Waals surface area contributed by atoms with Crippen LogP contribution in [0.4, 0.5) is 105 Å². The van der Waals surface area contributed by atoms with Gasteiger partial charge in [-0.3, -0.25) is 0 Å². The van der Waals surface area contributed by atoms with Gasteiger partial charge in [0.1, 0.15) is 11.9 Å². The van der Waals surface area contributed by atoms with Crippen molar-refractivity contribution in [3.05, 3.63) is 178 Å². The van der Waals surface area contributed by atoms with Gasteiger partial charge in [0.2, 0.25) is 0 Å². The van der Waals surface area contributed by atoms with Crippen LogP contribution in [0.25, 0.3) is 0 Å². The van der Waals surface area contributed by atoms with E-state index in [1.807, 2.05) is 30.3 Å². The van der Waals surface area contributed by atoms with Crippen LogP contribution in [-0.4, -0.2) is 13.3 Å². The first-order valence-corrected chi connectivity index (χ1v) is 19.6. The van der Waals surface area contributed by atoms with Crippen LogP contribution in [0.1, 0.15) is 50.1 Å². The van der Waals surface area contributed by atoms with Crippen LogP contribution in [0, 0.1) is 0 Å². The summed E-state index contributed by atoms with van der Waals surface area (Å²) in [6, 6.07) is 5.40. The summed E-state index contributed by atoms with van der Waals surface area (Å²) in [7, 11) is 1.68. The molecule has 6 aromatic rings. The normalized spacial score (nSPS) is 13.4. The van der Waals surface area contributed by atoms with E-state index < -0.39 is 195 Å². The average Bonchev–Trinajstić information content (AvgIpc) is 3.25. The fraction of sp³-hybridized carbons (Fsp3) is 0.222. The van der Waals surface area contributed by atoms with Crippen LogP contribution in [0.2, 0.25) is 0 Å². The first kappa shape index (κ1) is 56.4. The Kier molecular flexibility index (Phi) is 15.2. The van der Waals surface area contributed by atoms with E-state index in [1.165, 1.54) is 5.56 Å². The van der Waals surface area contributed by atoms with Crippen molar-refractivity contribution in [2.24, 2.45) is 0 Å². The molecule has 0 amide bonds. The molecule has 0 saturated heterocycles. The average molecular weight is 1060 g/mol. The maximum absolute atomic E-state index is 14.2. The molecule has 0 unspecified atom stereocenters. The van der Waals surface area contributed by atoms with Gasteiger partial charge in [0.05, 0.1) is 51.6 Å². The predicted octanol–water partition coefficient (Wildman–Crippen LogP) is 13.2. The van der Waals surface area contributed by atoms with Crippen molar-refractivity contribution in [1.29, 1.82) is 0 Å². The van der Waals surface area contributed by atoms with Crippen LogP contribution in [0.3, 0.4) is 0 Å². The largest absolute Gasteiger partial charge is 0.497 e. The molecule has 2 nitrogen and oxygen atoms in total. The number of hydrogen-bond acceptors (Lipinski definition) is 1. The highest BCUT2D eigenvalue weighted by molar-refractivity contribution is 7.20. The van der Waals surface area contributed by atoms with Gasteiger partial charge in [-0.2, -0.15) is 127 Å². The molecule has 6 rings (SSSR count). The summed E-state index contributed by atoms with van der Waals surface area (Å²) < 4.78 is 348. The lowest BCUT2D eigenvalue weighted by Gasteiger charge is -2.46. The standard InChI is InChI=1S/C32H12BF24.C13H14NO/c34-25(35,36)13-1-14(26(37,38)39)6-21(5-13)33(22-7-15(27(40,41)42)2-16(8-22)28(43,44)45,23-9-17(29(46,47)48)3-18(10-23)30(49,50)51)24-11-19(31(52,53)54)4-20(12-24)32(55,56)57;1-15-13-7-5-12(6-8-13)11-14-9-3-2-4-10-14/h1-12H;2-10H,11H2,1H3/q-1;+1. The smallest absolute Gasteiger partial charge is 0.416 e. The minimum absolute atomic E-state index is 0.691. The zero-order valence-electron chi connectivity index (χ0n) is 35.3. The third-order valence-electron chi connectivity index (χ3n) is 10.7. The second-order valence-corrected chi connectivity index (χ2v) is 15.6. The summed E-state index contributed by atoms with van der Waals surface area (Å²) >= 11 is 0. The zero-order valence-corrected chi connectivity index (χ0v) is 35.3. The molecule has 0 saturated carbocycles. The zero-order chi connectivity index (χ0) is 54.4. The molecule has 0 atom stereocenters.